The number of aliphatic hydroxyl groups excluding tert-OH is 7. The van der Waals surface area contributed by atoms with Crippen LogP contribution in [0.2, 0.25) is 0 Å². The molecule has 3 unspecified atom stereocenters. The van der Waals surface area contributed by atoms with Gasteiger partial charge in [0.1, 0.15) is 0 Å². The second kappa shape index (κ2) is 26.9. The standard InChI is InChI=1S/C44H59N7O16/c1-2-49(21-29(56)24-52)35(34(61)27-55)41(65)45-16-6-13-44(48-40(64)28-9-4-3-5-10-28,14-7-17-46-42(66)36-38(62)32(59)11-19-50(36)22-30(57)25-53)15-8-18-47-43(67)37-39(63)33(60)12-20-51(37)23-31(58)26-54/h2-5,9-12,19-20,27,29-31,52-54,56-58,61-63H,1,6-8,13-18,21-26H2,(H,45,65)(H,46,66)(H,47,67)(H,48,64)/b35-34+. The van der Waals surface area contributed by atoms with E-state index in [1.54, 1.807) is 30.3 Å². The smallest absolute Gasteiger partial charge is 0.271 e. The molecule has 67 heavy (non-hydrogen) atoms. The van der Waals surface area contributed by atoms with Crippen molar-refractivity contribution in [3.8, 4) is 11.5 Å². The lowest BCUT2D eigenvalue weighted by atomic mass is 9.83. The lowest BCUT2D eigenvalue weighted by Gasteiger charge is -2.36. The second-order valence-corrected chi connectivity index (χ2v) is 15.4. The fraction of sp³-hybridized carbons (Fsp3) is 0.432. The Morgan fingerprint density at radius 3 is 1.55 bits per heavy atom. The van der Waals surface area contributed by atoms with Crippen LogP contribution in [0.25, 0.3) is 0 Å². The molecule has 3 atom stereocenters. The maximum Gasteiger partial charge on any atom is 0.271 e. The zero-order chi connectivity index (χ0) is 49.7. The summed E-state index contributed by atoms with van der Waals surface area (Å²) in [6, 6.07) is 10.1. The summed E-state index contributed by atoms with van der Waals surface area (Å²) in [5.41, 5.74) is -4.23. The SMILES string of the molecule is C=CN(CC(O)CO)/C(C(=O)NCCCC(CCCNC(=O)c1c(O)c(=O)ccn1CC(O)CO)(CCCNC(=O)c1c(O)c(=O)ccn1CC(O)CO)NC(=O)c1ccccc1)=C(/O)C=O. The highest BCUT2D eigenvalue weighted by atomic mass is 16.3. The van der Waals surface area contributed by atoms with E-state index in [9.17, 15) is 79.5 Å². The van der Waals surface area contributed by atoms with E-state index in [4.69, 9.17) is 0 Å². The number of rotatable bonds is 29. The van der Waals surface area contributed by atoms with Crippen molar-refractivity contribution in [2.75, 3.05) is 46.0 Å². The maximum absolute atomic E-state index is 13.9. The zero-order valence-electron chi connectivity index (χ0n) is 36.6. The fourth-order valence-corrected chi connectivity index (χ4v) is 7.07. The van der Waals surface area contributed by atoms with E-state index in [0.29, 0.717) is 0 Å². The van der Waals surface area contributed by atoms with Crippen LogP contribution in [0, 0.1) is 0 Å². The number of aromatic hydroxyl groups is 2. The van der Waals surface area contributed by atoms with Crippen molar-refractivity contribution in [1.82, 2.24) is 35.3 Å². The number of pyridine rings is 2. The van der Waals surface area contributed by atoms with E-state index in [1.165, 1.54) is 12.4 Å². The Morgan fingerprint density at radius 1 is 0.687 bits per heavy atom. The van der Waals surface area contributed by atoms with Gasteiger partial charge in [-0.3, -0.25) is 33.6 Å². The molecule has 0 bridgehead atoms. The molecule has 13 N–H and O–H groups in total. The molecule has 2 aromatic heterocycles. The summed E-state index contributed by atoms with van der Waals surface area (Å²) in [5, 5.41) is 100. The molecule has 366 valence electrons. The number of amides is 4. The minimum absolute atomic E-state index is 0.00585. The van der Waals surface area contributed by atoms with Crippen LogP contribution in [-0.4, -0.2) is 160 Å². The van der Waals surface area contributed by atoms with Crippen molar-refractivity contribution in [3.63, 3.8) is 0 Å². The lowest BCUT2D eigenvalue weighted by molar-refractivity contribution is -0.120. The number of hydrogen-bond donors (Lipinski definition) is 13. The van der Waals surface area contributed by atoms with E-state index >= 15 is 0 Å². The van der Waals surface area contributed by atoms with Gasteiger partial charge in [0.05, 0.1) is 57.8 Å². The molecule has 23 nitrogen and oxygen atoms in total. The van der Waals surface area contributed by atoms with E-state index in [1.807, 2.05) is 0 Å². The minimum Gasteiger partial charge on any atom is -0.503 e. The highest BCUT2D eigenvalue weighted by molar-refractivity contribution is 5.98. The summed E-state index contributed by atoms with van der Waals surface area (Å²) in [6.07, 6.45) is -0.00923. The van der Waals surface area contributed by atoms with E-state index in [-0.39, 0.29) is 83.1 Å². The highest BCUT2D eigenvalue weighted by Gasteiger charge is 2.32. The Bertz CT molecular complexity index is 2220. The number of nitrogens with one attached hydrogen (secondary N) is 4. The van der Waals surface area contributed by atoms with Gasteiger partial charge in [-0.1, -0.05) is 24.8 Å². The molecular formula is C44H59N7O16. The Morgan fingerprint density at radius 2 is 1.13 bits per heavy atom. The van der Waals surface area contributed by atoms with E-state index in [0.717, 1.165) is 32.4 Å². The molecule has 0 saturated heterocycles. The highest BCUT2D eigenvalue weighted by Crippen LogP contribution is 2.27. The summed E-state index contributed by atoms with van der Waals surface area (Å²) in [6.45, 7) is 0.0215. The third-order valence-corrected chi connectivity index (χ3v) is 10.4. The number of aldehydes is 1. The normalized spacial score (nSPS) is 13.8. The Kier molecular flexibility index (Phi) is 21.9. The number of carbonyl (C=O) groups is 5. The Labute approximate surface area is 383 Å². The summed E-state index contributed by atoms with van der Waals surface area (Å²) in [7, 11) is 0. The summed E-state index contributed by atoms with van der Waals surface area (Å²) in [4.78, 5) is 91.2. The van der Waals surface area contributed by atoms with Gasteiger partial charge in [0.15, 0.2) is 40.6 Å². The van der Waals surface area contributed by atoms with Crippen LogP contribution < -0.4 is 32.1 Å². The summed E-state index contributed by atoms with van der Waals surface area (Å²) in [5.74, 6) is -6.07. The van der Waals surface area contributed by atoms with Crippen molar-refractivity contribution >= 4 is 29.9 Å². The van der Waals surface area contributed by atoms with Gasteiger partial charge >= 0.3 is 0 Å². The molecule has 0 fully saturated rings. The monoisotopic (exact) mass is 941 g/mol. The minimum atomic E-state index is -1.38. The van der Waals surface area contributed by atoms with Crippen LogP contribution in [0.5, 0.6) is 11.5 Å². The van der Waals surface area contributed by atoms with Gasteiger partial charge in [0, 0.05) is 55.3 Å². The zero-order valence-corrected chi connectivity index (χ0v) is 36.6. The number of aromatic nitrogens is 2. The number of carbonyl (C=O) groups excluding carboxylic acids is 5. The number of benzene rings is 1. The molecule has 0 radical (unpaired) electrons. The molecule has 0 aliphatic carbocycles. The van der Waals surface area contributed by atoms with Gasteiger partial charge in [-0.05, 0) is 56.9 Å². The molecule has 1 aromatic carbocycles. The van der Waals surface area contributed by atoms with Gasteiger partial charge < -0.3 is 81.3 Å². The molecule has 3 aromatic rings. The second-order valence-electron chi connectivity index (χ2n) is 15.4. The first-order chi connectivity index (χ1) is 32.0. The Balaban J connectivity index is 1.95. The average Bonchev–Trinajstić information content (AvgIpc) is 3.32. The lowest BCUT2D eigenvalue weighted by Crippen LogP contribution is -2.50. The fourth-order valence-electron chi connectivity index (χ4n) is 7.07. The van der Waals surface area contributed by atoms with Crippen LogP contribution in [0.15, 0.2) is 88.7 Å². The van der Waals surface area contributed by atoms with Crippen molar-refractivity contribution in [2.45, 2.75) is 75.5 Å². The van der Waals surface area contributed by atoms with Gasteiger partial charge in [-0.2, -0.15) is 0 Å². The van der Waals surface area contributed by atoms with Crippen LogP contribution in [0.4, 0.5) is 0 Å². The van der Waals surface area contributed by atoms with Crippen molar-refractivity contribution in [2.24, 2.45) is 0 Å². The molecule has 0 spiro atoms. The molecule has 23 heteroatoms. The average molecular weight is 942 g/mol. The molecule has 0 aliphatic rings. The first-order valence-electron chi connectivity index (χ1n) is 21.2. The van der Waals surface area contributed by atoms with Crippen molar-refractivity contribution in [3.05, 3.63) is 116 Å². The van der Waals surface area contributed by atoms with Crippen LogP contribution in [-0.2, 0) is 22.7 Å². The third kappa shape index (κ3) is 15.9. The predicted octanol–water partition coefficient (Wildman–Crippen LogP) is -2.32. The van der Waals surface area contributed by atoms with E-state index < -0.39 is 119 Å². The topological polar surface area (TPSA) is 363 Å². The number of nitrogens with zero attached hydrogens (tertiary/aromatic N) is 3. The molecule has 2 heterocycles. The van der Waals surface area contributed by atoms with Crippen LogP contribution in [0.1, 0.15) is 69.9 Å². The molecular weight excluding hydrogens is 883 g/mol. The quantitative estimate of drug-likeness (QED) is 0.0150. The largest absolute Gasteiger partial charge is 0.503 e. The van der Waals surface area contributed by atoms with Crippen molar-refractivity contribution in [1.29, 1.82) is 0 Å². The van der Waals surface area contributed by atoms with Gasteiger partial charge in [0.2, 0.25) is 10.9 Å². The van der Waals surface area contributed by atoms with Crippen LogP contribution >= 0.6 is 0 Å². The number of aliphatic hydroxyl groups is 7. The third-order valence-electron chi connectivity index (χ3n) is 10.4. The van der Waals surface area contributed by atoms with Gasteiger partial charge in [-0.25, -0.2) is 0 Å². The van der Waals surface area contributed by atoms with E-state index in [2.05, 4.69) is 27.8 Å². The van der Waals surface area contributed by atoms with Crippen LogP contribution in [0.3, 0.4) is 0 Å². The molecule has 0 aliphatic heterocycles. The number of hydrogen-bond acceptors (Lipinski definition) is 17. The Hall–Kier alpha value is -6.89. The van der Waals surface area contributed by atoms with Gasteiger partial charge in [-0.15, -0.1) is 0 Å². The van der Waals surface area contributed by atoms with Gasteiger partial charge in [0.25, 0.3) is 23.6 Å². The summed E-state index contributed by atoms with van der Waals surface area (Å²) >= 11 is 0. The summed E-state index contributed by atoms with van der Waals surface area (Å²) < 4.78 is 2.20. The predicted molar refractivity (Wildman–Crippen MR) is 239 cm³/mol. The molecule has 0 saturated carbocycles. The first kappa shape index (κ1) is 54.4. The molecule has 4 amide bonds. The number of allylic oxidation sites excluding steroid dienone is 1. The molecule has 3 rings (SSSR count). The first-order valence-corrected chi connectivity index (χ1v) is 21.2. The maximum atomic E-state index is 13.9. The van der Waals surface area contributed by atoms with Crippen molar-refractivity contribution < 1.29 is 69.9 Å².